The molecule has 0 aliphatic rings. The van der Waals surface area contributed by atoms with Crippen LogP contribution in [0.1, 0.15) is 0 Å². The molecule has 0 saturated carbocycles. The van der Waals surface area contributed by atoms with Crippen LogP contribution in [0.25, 0.3) is 0 Å². The van der Waals surface area contributed by atoms with Gasteiger partial charge in [0.1, 0.15) is 0 Å². The molecule has 0 fully saturated rings. The number of rotatable bonds is 2. The van der Waals surface area contributed by atoms with E-state index in [1.807, 2.05) is 12.3 Å². The summed E-state index contributed by atoms with van der Waals surface area (Å²) in [5, 5.41) is 0. The zero-order valence-corrected chi connectivity index (χ0v) is 8.58. The summed E-state index contributed by atoms with van der Waals surface area (Å²) in [6, 6.07) is 6.83. The van der Waals surface area contributed by atoms with E-state index in [9.17, 15) is 8.76 Å². The van der Waals surface area contributed by atoms with Gasteiger partial charge in [-0.2, -0.15) is 0 Å². The van der Waals surface area contributed by atoms with Crippen molar-refractivity contribution in [1.82, 2.24) is 0 Å². The molecule has 0 spiro atoms. The molecule has 0 saturated heterocycles. The SMILES string of the molecule is CSc1cccc(S(=O)[O-])c1.[Li+]. The Hall–Kier alpha value is 0.277. The van der Waals surface area contributed by atoms with Gasteiger partial charge in [0.2, 0.25) is 0 Å². The first kappa shape index (κ1) is 12.3. The molecule has 0 heterocycles. The van der Waals surface area contributed by atoms with Gasteiger partial charge in [-0.25, -0.2) is 0 Å². The molecule has 60 valence electrons. The van der Waals surface area contributed by atoms with E-state index in [2.05, 4.69) is 0 Å². The summed E-state index contributed by atoms with van der Waals surface area (Å²) >= 11 is -0.577. The maximum absolute atomic E-state index is 10.5. The summed E-state index contributed by atoms with van der Waals surface area (Å²) in [7, 11) is 0. The second-order valence-electron chi connectivity index (χ2n) is 1.91. The van der Waals surface area contributed by atoms with Gasteiger partial charge in [-0.1, -0.05) is 6.07 Å². The molecule has 0 amide bonds. The molecule has 0 bridgehead atoms. The second kappa shape index (κ2) is 5.84. The van der Waals surface area contributed by atoms with E-state index < -0.39 is 11.1 Å². The number of benzene rings is 1. The van der Waals surface area contributed by atoms with E-state index in [0.29, 0.717) is 4.90 Å². The van der Waals surface area contributed by atoms with Gasteiger partial charge in [-0.15, -0.1) is 11.8 Å². The van der Waals surface area contributed by atoms with Crippen molar-refractivity contribution in [3.63, 3.8) is 0 Å². The maximum atomic E-state index is 10.5. The van der Waals surface area contributed by atoms with Crippen molar-refractivity contribution < 1.29 is 27.6 Å². The summed E-state index contributed by atoms with van der Waals surface area (Å²) in [4.78, 5) is 1.31. The van der Waals surface area contributed by atoms with Crippen LogP contribution in [-0.2, 0) is 11.1 Å². The van der Waals surface area contributed by atoms with E-state index in [1.54, 1.807) is 18.2 Å². The third-order valence-corrected chi connectivity index (χ3v) is 2.60. The van der Waals surface area contributed by atoms with Crippen molar-refractivity contribution in [2.45, 2.75) is 9.79 Å². The van der Waals surface area contributed by atoms with Gasteiger partial charge in [-0.3, -0.25) is 4.21 Å². The molecule has 1 unspecified atom stereocenters. The molecule has 2 nitrogen and oxygen atoms in total. The fraction of sp³-hybridized carbons (Fsp3) is 0.143. The van der Waals surface area contributed by atoms with E-state index in [4.69, 9.17) is 0 Å². The Morgan fingerprint density at radius 3 is 2.67 bits per heavy atom. The monoisotopic (exact) mass is 194 g/mol. The molecule has 0 N–H and O–H groups in total. The largest absolute Gasteiger partial charge is 1.00 e. The van der Waals surface area contributed by atoms with Crippen molar-refractivity contribution in [1.29, 1.82) is 0 Å². The standard InChI is InChI=1S/C7H8O2S2.Li/c1-10-6-3-2-4-7(5-6)11(8)9;/h2-5H,1H3,(H,8,9);/q;+1/p-1. The summed E-state index contributed by atoms with van der Waals surface area (Å²) in [5.41, 5.74) is 0. The molecule has 5 heteroatoms. The number of hydrogen-bond acceptors (Lipinski definition) is 3. The Bertz CT molecular complexity index is 278. The minimum Gasteiger partial charge on any atom is -0.768 e. The van der Waals surface area contributed by atoms with Crippen molar-refractivity contribution in [2.75, 3.05) is 6.26 Å². The number of hydrogen-bond donors (Lipinski definition) is 0. The first-order chi connectivity index (χ1) is 5.24. The van der Waals surface area contributed by atoms with E-state index in [-0.39, 0.29) is 18.9 Å². The van der Waals surface area contributed by atoms with E-state index in [0.717, 1.165) is 4.90 Å². The Kier molecular flexibility index (Phi) is 5.98. The third kappa shape index (κ3) is 3.34. The molecular weight excluding hydrogens is 187 g/mol. The van der Waals surface area contributed by atoms with Gasteiger partial charge in [0.15, 0.2) is 0 Å². The molecule has 1 aromatic rings. The zero-order chi connectivity index (χ0) is 8.27. The third-order valence-electron chi connectivity index (χ3n) is 1.23. The normalized spacial score (nSPS) is 11.8. The first-order valence-electron chi connectivity index (χ1n) is 2.97. The fourth-order valence-electron chi connectivity index (χ4n) is 0.705. The predicted octanol–water partition coefficient (Wildman–Crippen LogP) is -1.35. The van der Waals surface area contributed by atoms with E-state index in [1.165, 1.54) is 11.8 Å². The Morgan fingerprint density at radius 2 is 2.17 bits per heavy atom. The van der Waals surface area contributed by atoms with Crippen molar-refractivity contribution in [2.24, 2.45) is 0 Å². The van der Waals surface area contributed by atoms with Crippen molar-refractivity contribution in [3.05, 3.63) is 24.3 Å². The average molecular weight is 194 g/mol. The number of thioether (sulfide) groups is 1. The Labute approximate surface area is 90.6 Å². The van der Waals surface area contributed by atoms with Crippen LogP contribution in [0.2, 0.25) is 0 Å². The van der Waals surface area contributed by atoms with Crippen LogP contribution >= 0.6 is 11.8 Å². The van der Waals surface area contributed by atoms with Crippen LogP contribution in [0.4, 0.5) is 0 Å². The van der Waals surface area contributed by atoms with Crippen LogP contribution in [0.3, 0.4) is 0 Å². The maximum Gasteiger partial charge on any atom is 1.00 e. The van der Waals surface area contributed by atoms with Gasteiger partial charge in [0.05, 0.1) is 0 Å². The Balaban J connectivity index is 0.00000121. The van der Waals surface area contributed by atoms with Gasteiger partial charge in [0.25, 0.3) is 0 Å². The smallest absolute Gasteiger partial charge is 0.768 e. The predicted molar refractivity (Wildman–Crippen MR) is 45.4 cm³/mol. The molecule has 1 aromatic carbocycles. The molecule has 0 radical (unpaired) electrons. The first-order valence-corrected chi connectivity index (χ1v) is 5.27. The average Bonchev–Trinajstić information content (AvgIpc) is 2.05. The Morgan fingerprint density at radius 1 is 1.50 bits per heavy atom. The minimum absolute atomic E-state index is 0. The fourth-order valence-corrected chi connectivity index (χ4v) is 1.65. The summed E-state index contributed by atoms with van der Waals surface area (Å²) < 4.78 is 20.9. The topological polar surface area (TPSA) is 40.1 Å². The van der Waals surface area contributed by atoms with Gasteiger partial charge < -0.3 is 4.55 Å². The van der Waals surface area contributed by atoms with Crippen molar-refractivity contribution in [3.8, 4) is 0 Å². The minimum atomic E-state index is -2.10. The van der Waals surface area contributed by atoms with Gasteiger partial charge >= 0.3 is 18.9 Å². The molecule has 0 aliphatic heterocycles. The summed E-state index contributed by atoms with van der Waals surface area (Å²) in [6.07, 6.45) is 1.91. The van der Waals surface area contributed by atoms with Crippen LogP contribution < -0.4 is 18.9 Å². The zero-order valence-electron chi connectivity index (χ0n) is 6.94. The summed E-state index contributed by atoms with van der Waals surface area (Å²) in [5.74, 6) is 0. The van der Waals surface area contributed by atoms with Gasteiger partial charge in [-0.05, 0) is 35.5 Å². The van der Waals surface area contributed by atoms with Crippen molar-refractivity contribution >= 4 is 22.8 Å². The van der Waals surface area contributed by atoms with Crippen LogP contribution in [-0.4, -0.2) is 15.0 Å². The molecule has 1 rings (SSSR count). The molecule has 1 atom stereocenters. The van der Waals surface area contributed by atoms with E-state index >= 15 is 0 Å². The second-order valence-corrected chi connectivity index (χ2v) is 3.73. The van der Waals surface area contributed by atoms with Crippen LogP contribution in [0.15, 0.2) is 34.1 Å². The summed E-state index contributed by atoms with van der Waals surface area (Å²) in [6.45, 7) is 0. The molecule has 12 heavy (non-hydrogen) atoms. The molecule has 0 aromatic heterocycles. The molecule has 0 aliphatic carbocycles. The van der Waals surface area contributed by atoms with Gasteiger partial charge in [0, 0.05) is 9.79 Å². The van der Waals surface area contributed by atoms with Crippen LogP contribution in [0.5, 0.6) is 0 Å². The quantitative estimate of drug-likeness (QED) is 0.332. The van der Waals surface area contributed by atoms with Crippen LogP contribution in [0, 0.1) is 0 Å². The molecular formula is C7H7LiO2S2.